The summed E-state index contributed by atoms with van der Waals surface area (Å²) in [7, 11) is 6.16. The van der Waals surface area contributed by atoms with Crippen LogP contribution in [0.5, 0.6) is 0 Å². The molecule has 1 rings (SSSR count). The Balaban J connectivity index is 2.75. The highest BCUT2D eigenvalue weighted by Crippen LogP contribution is 2.14. The summed E-state index contributed by atoms with van der Waals surface area (Å²) in [5.41, 5.74) is 1.22. The highest BCUT2D eigenvalue weighted by atomic mass is 15.2. The van der Waals surface area contributed by atoms with Crippen LogP contribution in [0.4, 0.5) is 5.82 Å². The monoisotopic (exact) mass is 250 g/mol. The van der Waals surface area contributed by atoms with E-state index in [0.29, 0.717) is 6.04 Å². The van der Waals surface area contributed by atoms with Crippen molar-refractivity contribution >= 4 is 5.82 Å². The minimum Gasteiger partial charge on any atom is -0.353 e. The van der Waals surface area contributed by atoms with E-state index in [9.17, 15) is 0 Å². The van der Waals surface area contributed by atoms with E-state index >= 15 is 0 Å². The van der Waals surface area contributed by atoms with E-state index in [-0.39, 0.29) is 0 Å². The van der Waals surface area contributed by atoms with Gasteiger partial charge in [-0.1, -0.05) is 6.07 Å². The fourth-order valence-electron chi connectivity index (χ4n) is 2.22. The molecular weight excluding hydrogens is 224 g/mol. The van der Waals surface area contributed by atoms with E-state index in [1.165, 1.54) is 5.56 Å². The molecule has 0 amide bonds. The molecule has 4 nitrogen and oxygen atoms in total. The third-order valence-corrected chi connectivity index (χ3v) is 2.99. The van der Waals surface area contributed by atoms with Gasteiger partial charge < -0.3 is 15.1 Å². The lowest BCUT2D eigenvalue weighted by Gasteiger charge is -2.31. The Labute approximate surface area is 111 Å². The highest BCUT2D eigenvalue weighted by molar-refractivity contribution is 5.40. The summed E-state index contributed by atoms with van der Waals surface area (Å²) in [6.07, 6.45) is 1.96. The van der Waals surface area contributed by atoms with E-state index < -0.39 is 0 Å². The van der Waals surface area contributed by atoms with Crippen molar-refractivity contribution in [2.45, 2.75) is 26.4 Å². The third kappa shape index (κ3) is 4.27. The smallest absolute Gasteiger partial charge is 0.128 e. The molecule has 0 aromatic carbocycles. The van der Waals surface area contributed by atoms with Crippen molar-refractivity contribution in [3.8, 4) is 0 Å². The van der Waals surface area contributed by atoms with Gasteiger partial charge >= 0.3 is 0 Å². The van der Waals surface area contributed by atoms with E-state index in [1.807, 2.05) is 13.2 Å². The minimum atomic E-state index is 0.465. The second-order valence-corrected chi connectivity index (χ2v) is 4.95. The Kier molecular flexibility index (Phi) is 6.09. The number of pyridine rings is 1. The van der Waals surface area contributed by atoms with Gasteiger partial charge in [0.1, 0.15) is 5.82 Å². The molecule has 1 aromatic heterocycles. The van der Waals surface area contributed by atoms with Crippen LogP contribution in [0.15, 0.2) is 18.3 Å². The average molecular weight is 250 g/mol. The van der Waals surface area contributed by atoms with E-state index in [4.69, 9.17) is 0 Å². The van der Waals surface area contributed by atoms with Gasteiger partial charge in [-0.3, -0.25) is 0 Å². The van der Waals surface area contributed by atoms with Crippen molar-refractivity contribution < 1.29 is 0 Å². The molecule has 4 heteroatoms. The second kappa shape index (κ2) is 7.34. The first-order valence-corrected chi connectivity index (χ1v) is 6.59. The minimum absolute atomic E-state index is 0.465. The largest absolute Gasteiger partial charge is 0.353 e. The van der Waals surface area contributed by atoms with Crippen LogP contribution >= 0.6 is 0 Å². The number of hydrogen-bond donors (Lipinski definition) is 1. The molecule has 0 aliphatic heterocycles. The van der Waals surface area contributed by atoms with Crippen molar-refractivity contribution in [3.05, 3.63) is 23.9 Å². The van der Waals surface area contributed by atoms with Crippen LogP contribution in [0.1, 0.15) is 19.4 Å². The second-order valence-electron chi connectivity index (χ2n) is 4.95. The molecule has 0 radical (unpaired) electrons. The summed E-state index contributed by atoms with van der Waals surface area (Å²) in [5, 5.41) is 3.14. The molecule has 0 aliphatic carbocycles. The predicted molar refractivity (Wildman–Crippen MR) is 78.0 cm³/mol. The fraction of sp³-hybridized carbons (Fsp3) is 0.643. The summed E-state index contributed by atoms with van der Waals surface area (Å²) in [4.78, 5) is 9.11. The molecule has 0 spiro atoms. The molecule has 1 unspecified atom stereocenters. The summed E-state index contributed by atoms with van der Waals surface area (Å²) < 4.78 is 0. The first-order valence-electron chi connectivity index (χ1n) is 6.59. The summed E-state index contributed by atoms with van der Waals surface area (Å²) >= 11 is 0. The highest BCUT2D eigenvalue weighted by Gasteiger charge is 2.14. The number of nitrogens with one attached hydrogen (secondary N) is 1. The Bertz CT molecular complexity index is 334. The number of anilines is 1. The van der Waals surface area contributed by atoms with Crippen LogP contribution in [0, 0.1) is 0 Å². The Morgan fingerprint density at radius 2 is 2.06 bits per heavy atom. The van der Waals surface area contributed by atoms with Crippen molar-refractivity contribution in [1.29, 1.82) is 0 Å². The van der Waals surface area contributed by atoms with Crippen LogP contribution in [0.2, 0.25) is 0 Å². The van der Waals surface area contributed by atoms with Crippen LogP contribution in [-0.4, -0.2) is 50.2 Å². The molecule has 0 aliphatic rings. The first-order chi connectivity index (χ1) is 8.58. The van der Waals surface area contributed by atoms with Crippen LogP contribution < -0.4 is 10.2 Å². The zero-order valence-corrected chi connectivity index (χ0v) is 12.3. The number of hydrogen-bond acceptors (Lipinski definition) is 4. The van der Waals surface area contributed by atoms with Gasteiger partial charge in [0.15, 0.2) is 0 Å². The van der Waals surface area contributed by atoms with Crippen LogP contribution in [-0.2, 0) is 6.54 Å². The predicted octanol–water partition coefficient (Wildman–Crippen LogP) is 1.58. The molecule has 0 saturated heterocycles. The Hall–Kier alpha value is -1.13. The SMILES string of the molecule is CCN(c1ccc(CNC)cn1)C(C)CN(C)C. The van der Waals surface area contributed by atoms with Gasteiger partial charge in [-0.15, -0.1) is 0 Å². The van der Waals surface area contributed by atoms with Crippen molar-refractivity contribution in [3.63, 3.8) is 0 Å². The number of nitrogens with zero attached hydrogens (tertiary/aromatic N) is 3. The van der Waals surface area contributed by atoms with Gasteiger partial charge in [0.25, 0.3) is 0 Å². The van der Waals surface area contributed by atoms with Crippen molar-refractivity contribution in [2.24, 2.45) is 0 Å². The molecule has 102 valence electrons. The lowest BCUT2D eigenvalue weighted by atomic mass is 10.2. The van der Waals surface area contributed by atoms with Crippen molar-refractivity contribution in [2.75, 3.05) is 39.1 Å². The fourth-order valence-corrected chi connectivity index (χ4v) is 2.22. The number of likely N-dealkylation sites (N-methyl/N-ethyl adjacent to an activating group) is 2. The van der Waals surface area contributed by atoms with Gasteiger partial charge in [0, 0.05) is 31.9 Å². The maximum Gasteiger partial charge on any atom is 0.128 e. The van der Waals surface area contributed by atoms with Crippen LogP contribution in [0.25, 0.3) is 0 Å². The van der Waals surface area contributed by atoms with Crippen molar-refractivity contribution in [1.82, 2.24) is 15.2 Å². The zero-order valence-electron chi connectivity index (χ0n) is 12.3. The zero-order chi connectivity index (χ0) is 13.5. The van der Waals surface area contributed by atoms with Crippen LogP contribution in [0.3, 0.4) is 0 Å². The first kappa shape index (κ1) is 14.9. The lowest BCUT2D eigenvalue weighted by molar-refractivity contribution is 0.372. The van der Waals surface area contributed by atoms with E-state index in [0.717, 1.165) is 25.5 Å². The third-order valence-electron chi connectivity index (χ3n) is 2.99. The standard InChI is InChI=1S/C14H26N4/c1-6-18(12(2)11-17(4)5)14-8-7-13(9-15-3)10-16-14/h7-8,10,12,15H,6,9,11H2,1-5H3. The molecule has 0 bridgehead atoms. The number of rotatable bonds is 7. The van der Waals surface area contributed by atoms with Gasteiger partial charge in [-0.05, 0) is 46.6 Å². The maximum absolute atomic E-state index is 4.56. The molecule has 0 fully saturated rings. The Morgan fingerprint density at radius 3 is 2.50 bits per heavy atom. The van der Waals surface area contributed by atoms with Gasteiger partial charge in [0.2, 0.25) is 0 Å². The molecule has 1 heterocycles. The van der Waals surface area contributed by atoms with E-state index in [2.05, 4.69) is 60.2 Å². The van der Waals surface area contributed by atoms with Gasteiger partial charge in [-0.25, -0.2) is 4.98 Å². The molecule has 1 N–H and O–H groups in total. The maximum atomic E-state index is 4.56. The number of aromatic nitrogens is 1. The molecule has 1 aromatic rings. The quantitative estimate of drug-likeness (QED) is 0.796. The van der Waals surface area contributed by atoms with E-state index in [1.54, 1.807) is 0 Å². The Morgan fingerprint density at radius 1 is 1.33 bits per heavy atom. The summed E-state index contributed by atoms with van der Waals surface area (Å²) in [6.45, 7) is 7.30. The van der Waals surface area contributed by atoms with Gasteiger partial charge in [-0.2, -0.15) is 0 Å². The summed E-state index contributed by atoms with van der Waals surface area (Å²) in [6, 6.07) is 4.72. The van der Waals surface area contributed by atoms with Gasteiger partial charge in [0.05, 0.1) is 0 Å². The molecule has 18 heavy (non-hydrogen) atoms. The molecular formula is C14H26N4. The topological polar surface area (TPSA) is 31.4 Å². The normalized spacial score (nSPS) is 12.8. The summed E-state index contributed by atoms with van der Waals surface area (Å²) in [5.74, 6) is 1.06. The molecule has 1 atom stereocenters. The lowest BCUT2D eigenvalue weighted by Crippen LogP contribution is -2.40. The molecule has 0 saturated carbocycles. The average Bonchev–Trinajstić information content (AvgIpc) is 2.31.